The molecule has 1 aromatic rings. The van der Waals surface area contributed by atoms with E-state index < -0.39 is 0 Å². The van der Waals surface area contributed by atoms with Gasteiger partial charge in [-0.1, -0.05) is 6.07 Å². The van der Waals surface area contributed by atoms with Gasteiger partial charge in [-0.25, -0.2) is 4.79 Å². The third kappa shape index (κ3) is 2.72. The van der Waals surface area contributed by atoms with Gasteiger partial charge in [0.2, 0.25) is 0 Å². The zero-order chi connectivity index (χ0) is 10.7. The van der Waals surface area contributed by atoms with Crippen molar-refractivity contribution in [2.75, 3.05) is 13.7 Å². The molecule has 5 heteroatoms. The van der Waals surface area contributed by atoms with Crippen molar-refractivity contribution in [3.8, 4) is 0 Å². The normalized spacial score (nSPS) is 13.6. The van der Waals surface area contributed by atoms with Gasteiger partial charge in [0, 0.05) is 7.05 Å². The summed E-state index contributed by atoms with van der Waals surface area (Å²) in [5.41, 5.74) is 5.24. The molecule has 0 aromatic heterocycles. The third-order valence-electron chi connectivity index (χ3n) is 2.41. The van der Waals surface area contributed by atoms with Gasteiger partial charge in [0.15, 0.2) is 0 Å². The average molecular weight is 244 g/mol. The number of rotatable bonds is 2. The van der Waals surface area contributed by atoms with E-state index in [9.17, 15) is 4.79 Å². The fourth-order valence-electron chi connectivity index (χ4n) is 1.65. The van der Waals surface area contributed by atoms with Crippen molar-refractivity contribution < 1.29 is 14.4 Å². The minimum atomic E-state index is -0.370. The van der Waals surface area contributed by atoms with Crippen molar-refractivity contribution in [1.29, 1.82) is 0 Å². The minimum Gasteiger partial charge on any atom is -0.376 e. The van der Waals surface area contributed by atoms with Crippen LogP contribution in [0.25, 0.3) is 0 Å². The molecule has 2 rings (SSSR count). The zero-order valence-corrected chi connectivity index (χ0v) is 9.80. The highest BCUT2D eigenvalue weighted by atomic mass is 35.5. The molecule has 88 valence electrons. The largest absolute Gasteiger partial charge is 0.376 e. The summed E-state index contributed by atoms with van der Waals surface area (Å²) in [6.07, 6.45) is 0.913. The predicted molar refractivity (Wildman–Crippen MR) is 61.5 cm³/mol. The highest BCUT2D eigenvalue weighted by molar-refractivity contribution is 5.89. The first-order valence-electron chi connectivity index (χ1n) is 4.88. The molecule has 1 aromatic carbocycles. The lowest BCUT2D eigenvalue weighted by atomic mass is 10.0. The fraction of sp³-hybridized carbons (Fsp3) is 0.364. The molecule has 0 spiro atoms. The Balaban J connectivity index is 0.00000128. The molecule has 1 aliphatic rings. The van der Waals surface area contributed by atoms with Gasteiger partial charge in [-0.15, -0.1) is 12.4 Å². The summed E-state index contributed by atoms with van der Waals surface area (Å²) in [7, 11) is 1.55. The summed E-state index contributed by atoms with van der Waals surface area (Å²) in [6.45, 7) is 1.34. The molecular weight excluding hydrogens is 230 g/mol. The number of carbonyl (C=O) groups excluding carboxylic acids is 1. The second-order valence-electron chi connectivity index (χ2n) is 3.38. The van der Waals surface area contributed by atoms with Crippen molar-refractivity contribution >= 4 is 18.4 Å². The predicted octanol–water partition coefficient (Wildman–Crippen LogP) is 1.47. The average Bonchev–Trinajstić information content (AvgIpc) is 2.29. The number of hydroxylamine groups is 1. The molecule has 0 unspecified atom stereocenters. The van der Waals surface area contributed by atoms with E-state index in [0.29, 0.717) is 12.2 Å². The standard InChI is InChI=1S/C11H13NO3.ClH/c1-12-15-11(13)9-3-2-8-4-5-14-7-10(8)6-9;/h2-3,6,12H,4-5,7H2,1H3;1H. The van der Waals surface area contributed by atoms with Crippen molar-refractivity contribution in [3.63, 3.8) is 0 Å². The molecule has 0 atom stereocenters. The monoisotopic (exact) mass is 243 g/mol. The summed E-state index contributed by atoms with van der Waals surface area (Å²) >= 11 is 0. The molecule has 1 N–H and O–H groups in total. The first kappa shape index (κ1) is 13.0. The minimum absolute atomic E-state index is 0. The molecule has 4 nitrogen and oxygen atoms in total. The Labute approximate surface area is 100 Å². The van der Waals surface area contributed by atoms with Crippen LogP contribution in [0.3, 0.4) is 0 Å². The molecule has 16 heavy (non-hydrogen) atoms. The zero-order valence-electron chi connectivity index (χ0n) is 8.99. The second-order valence-corrected chi connectivity index (χ2v) is 3.38. The molecule has 0 amide bonds. The summed E-state index contributed by atoms with van der Waals surface area (Å²) in [4.78, 5) is 16.1. The SMILES string of the molecule is CNOC(=O)c1ccc2c(c1)COCC2.Cl. The highest BCUT2D eigenvalue weighted by Gasteiger charge is 2.13. The van der Waals surface area contributed by atoms with E-state index in [1.54, 1.807) is 13.1 Å². The quantitative estimate of drug-likeness (QED) is 0.800. The molecule has 0 saturated heterocycles. The number of hydrogen-bond donors (Lipinski definition) is 1. The molecule has 0 bridgehead atoms. The number of nitrogens with one attached hydrogen (secondary N) is 1. The number of fused-ring (bicyclic) bond motifs is 1. The van der Waals surface area contributed by atoms with E-state index in [4.69, 9.17) is 4.74 Å². The molecule has 0 aliphatic carbocycles. The van der Waals surface area contributed by atoms with Gasteiger partial charge < -0.3 is 9.57 Å². The number of halogens is 1. The van der Waals surface area contributed by atoms with Crippen molar-refractivity contribution in [2.45, 2.75) is 13.0 Å². The van der Waals surface area contributed by atoms with Crippen molar-refractivity contribution in [3.05, 3.63) is 34.9 Å². The molecule has 0 saturated carbocycles. The van der Waals surface area contributed by atoms with E-state index >= 15 is 0 Å². The van der Waals surface area contributed by atoms with Crippen LogP contribution in [0.2, 0.25) is 0 Å². The van der Waals surface area contributed by atoms with Crippen molar-refractivity contribution in [2.24, 2.45) is 0 Å². The summed E-state index contributed by atoms with van der Waals surface area (Å²) in [6, 6.07) is 5.57. The van der Waals surface area contributed by atoms with Crippen LogP contribution in [0, 0.1) is 0 Å². The van der Waals surface area contributed by atoms with E-state index in [2.05, 4.69) is 10.3 Å². The van der Waals surface area contributed by atoms with Gasteiger partial charge in [-0.3, -0.25) is 0 Å². The Morgan fingerprint density at radius 3 is 3.00 bits per heavy atom. The van der Waals surface area contributed by atoms with Crippen LogP contribution in [-0.2, 0) is 22.6 Å². The van der Waals surface area contributed by atoms with Crippen molar-refractivity contribution in [1.82, 2.24) is 5.48 Å². The maximum atomic E-state index is 11.4. The maximum absolute atomic E-state index is 11.4. The summed E-state index contributed by atoms with van der Waals surface area (Å²) in [5.74, 6) is -0.370. The number of hydrogen-bond acceptors (Lipinski definition) is 4. The second kappa shape index (κ2) is 5.84. The van der Waals surface area contributed by atoms with Gasteiger partial charge >= 0.3 is 5.97 Å². The summed E-state index contributed by atoms with van der Waals surface area (Å²) < 4.78 is 5.32. The summed E-state index contributed by atoms with van der Waals surface area (Å²) in [5, 5.41) is 0. The third-order valence-corrected chi connectivity index (χ3v) is 2.41. The van der Waals surface area contributed by atoms with Crippen LogP contribution >= 0.6 is 12.4 Å². The Bertz CT molecular complexity index is 381. The van der Waals surface area contributed by atoms with Gasteiger partial charge in [0.05, 0.1) is 18.8 Å². The first-order valence-corrected chi connectivity index (χ1v) is 4.88. The van der Waals surface area contributed by atoms with E-state index in [1.807, 2.05) is 12.1 Å². The highest BCUT2D eigenvalue weighted by Crippen LogP contribution is 2.18. The van der Waals surface area contributed by atoms with Crippen LogP contribution in [0.1, 0.15) is 21.5 Å². The van der Waals surface area contributed by atoms with E-state index in [-0.39, 0.29) is 18.4 Å². The molecule has 1 heterocycles. The van der Waals surface area contributed by atoms with E-state index in [1.165, 1.54) is 5.56 Å². The van der Waals surface area contributed by atoms with E-state index in [0.717, 1.165) is 18.6 Å². The van der Waals surface area contributed by atoms with Gasteiger partial charge in [0.1, 0.15) is 0 Å². The Morgan fingerprint density at radius 2 is 2.25 bits per heavy atom. The fourth-order valence-corrected chi connectivity index (χ4v) is 1.65. The first-order chi connectivity index (χ1) is 7.31. The molecule has 0 fully saturated rings. The number of ether oxygens (including phenoxy) is 1. The van der Waals surface area contributed by atoms with Gasteiger partial charge in [-0.05, 0) is 29.7 Å². The Morgan fingerprint density at radius 1 is 1.44 bits per heavy atom. The van der Waals surface area contributed by atoms with Gasteiger partial charge in [-0.2, -0.15) is 5.48 Å². The Kier molecular flexibility index (Phi) is 4.73. The van der Waals surface area contributed by atoms with Gasteiger partial charge in [0.25, 0.3) is 0 Å². The molecular formula is C11H14ClNO3. The van der Waals surface area contributed by atoms with Crippen LogP contribution in [0.5, 0.6) is 0 Å². The number of carbonyl (C=O) groups is 1. The lowest BCUT2D eigenvalue weighted by molar-refractivity contribution is 0.0309. The molecule has 1 aliphatic heterocycles. The van der Waals surface area contributed by atoms with Crippen LogP contribution < -0.4 is 5.48 Å². The Hall–Kier alpha value is -1.10. The number of benzene rings is 1. The molecule has 0 radical (unpaired) electrons. The smallest absolute Gasteiger partial charge is 0.356 e. The van der Waals surface area contributed by atoms with Crippen LogP contribution in [0.15, 0.2) is 18.2 Å². The lowest BCUT2D eigenvalue weighted by Crippen LogP contribution is -2.16. The van der Waals surface area contributed by atoms with Crippen LogP contribution in [0.4, 0.5) is 0 Å². The maximum Gasteiger partial charge on any atom is 0.356 e. The topological polar surface area (TPSA) is 47.6 Å². The van der Waals surface area contributed by atoms with Crippen LogP contribution in [-0.4, -0.2) is 19.6 Å². The lowest BCUT2D eigenvalue weighted by Gasteiger charge is -2.16.